The van der Waals surface area contributed by atoms with Crippen molar-refractivity contribution in [2.24, 2.45) is 0 Å². The van der Waals surface area contributed by atoms with Gasteiger partial charge in [0.1, 0.15) is 0 Å². The van der Waals surface area contributed by atoms with Crippen LogP contribution in [0.3, 0.4) is 0 Å². The number of aryl methyl sites for hydroxylation is 1. The third-order valence-electron chi connectivity index (χ3n) is 3.71. The van der Waals surface area contributed by atoms with Gasteiger partial charge in [-0.15, -0.1) is 0 Å². The highest BCUT2D eigenvalue weighted by Crippen LogP contribution is 2.26. The molecule has 2 rings (SSSR count). The van der Waals surface area contributed by atoms with Crippen molar-refractivity contribution in [3.05, 3.63) is 28.8 Å². The molecule has 1 amide bonds. The predicted molar refractivity (Wildman–Crippen MR) is 75.1 cm³/mol. The maximum absolute atomic E-state index is 12.3. The van der Waals surface area contributed by atoms with Crippen molar-refractivity contribution in [2.75, 3.05) is 11.9 Å². The van der Waals surface area contributed by atoms with Gasteiger partial charge in [0.05, 0.1) is 5.54 Å². The predicted octanol–water partition coefficient (Wildman–Crippen LogP) is 3.12. The number of rotatable bonds is 3. The van der Waals surface area contributed by atoms with Crippen molar-refractivity contribution >= 4 is 23.2 Å². The molecule has 1 aromatic rings. The molecule has 0 aromatic heterocycles. The standard InChI is InChI=1S/C14H19ClN2O/c1-3-14(7-4-8-16-14)13(18)17-11-6-5-10(2)12(15)9-11/h5-6,9,16H,3-4,7-8H2,1-2H3,(H,17,18). The number of hydrogen-bond donors (Lipinski definition) is 2. The van der Waals surface area contributed by atoms with Gasteiger partial charge in [0.15, 0.2) is 0 Å². The molecule has 18 heavy (non-hydrogen) atoms. The van der Waals surface area contributed by atoms with Crippen LogP contribution in [0.15, 0.2) is 18.2 Å². The fourth-order valence-electron chi connectivity index (χ4n) is 2.38. The van der Waals surface area contributed by atoms with E-state index in [-0.39, 0.29) is 5.91 Å². The van der Waals surface area contributed by atoms with Crippen LogP contribution in [-0.4, -0.2) is 18.0 Å². The minimum atomic E-state index is -0.405. The van der Waals surface area contributed by atoms with Crippen molar-refractivity contribution in [1.29, 1.82) is 0 Å². The zero-order valence-electron chi connectivity index (χ0n) is 10.8. The van der Waals surface area contributed by atoms with Crippen LogP contribution in [0.4, 0.5) is 5.69 Å². The van der Waals surface area contributed by atoms with E-state index < -0.39 is 5.54 Å². The van der Waals surface area contributed by atoms with E-state index in [9.17, 15) is 4.79 Å². The monoisotopic (exact) mass is 266 g/mol. The maximum atomic E-state index is 12.3. The van der Waals surface area contributed by atoms with E-state index in [0.717, 1.165) is 37.1 Å². The molecule has 1 aliphatic heterocycles. The van der Waals surface area contributed by atoms with Gasteiger partial charge in [-0.3, -0.25) is 4.79 Å². The molecular weight excluding hydrogens is 248 g/mol. The van der Waals surface area contributed by atoms with Crippen LogP contribution in [-0.2, 0) is 4.79 Å². The van der Waals surface area contributed by atoms with Gasteiger partial charge >= 0.3 is 0 Å². The second kappa shape index (κ2) is 5.29. The van der Waals surface area contributed by atoms with E-state index in [1.165, 1.54) is 0 Å². The number of anilines is 1. The van der Waals surface area contributed by atoms with Gasteiger partial charge in [0.2, 0.25) is 5.91 Å². The molecule has 1 heterocycles. The van der Waals surface area contributed by atoms with Crippen molar-refractivity contribution in [1.82, 2.24) is 5.32 Å². The lowest BCUT2D eigenvalue weighted by molar-refractivity contribution is -0.122. The van der Waals surface area contributed by atoms with Gasteiger partial charge in [-0.1, -0.05) is 24.6 Å². The van der Waals surface area contributed by atoms with Crippen molar-refractivity contribution in [3.8, 4) is 0 Å². The van der Waals surface area contributed by atoms with Crippen LogP contribution in [0.5, 0.6) is 0 Å². The Bertz CT molecular complexity index is 453. The van der Waals surface area contributed by atoms with Crippen LogP contribution in [0, 0.1) is 6.92 Å². The van der Waals surface area contributed by atoms with E-state index in [1.807, 2.05) is 26.0 Å². The fraction of sp³-hybridized carbons (Fsp3) is 0.500. The van der Waals surface area contributed by atoms with Gasteiger partial charge in [-0.25, -0.2) is 0 Å². The van der Waals surface area contributed by atoms with E-state index >= 15 is 0 Å². The second-order valence-corrected chi connectivity index (χ2v) is 5.29. The molecule has 3 nitrogen and oxygen atoms in total. The lowest BCUT2D eigenvalue weighted by Gasteiger charge is -2.26. The first-order valence-electron chi connectivity index (χ1n) is 6.40. The van der Waals surface area contributed by atoms with Crippen molar-refractivity contribution < 1.29 is 4.79 Å². The molecule has 1 aliphatic rings. The van der Waals surface area contributed by atoms with Crippen molar-refractivity contribution in [3.63, 3.8) is 0 Å². The molecule has 4 heteroatoms. The van der Waals surface area contributed by atoms with E-state index in [1.54, 1.807) is 6.07 Å². The zero-order valence-corrected chi connectivity index (χ0v) is 11.6. The molecule has 0 radical (unpaired) electrons. The molecule has 2 N–H and O–H groups in total. The maximum Gasteiger partial charge on any atom is 0.244 e. The average Bonchev–Trinajstić information content (AvgIpc) is 2.84. The molecule has 0 saturated carbocycles. The summed E-state index contributed by atoms with van der Waals surface area (Å²) in [5, 5.41) is 6.96. The first-order chi connectivity index (χ1) is 8.57. The number of nitrogens with one attached hydrogen (secondary N) is 2. The zero-order chi connectivity index (χ0) is 13.2. The van der Waals surface area contributed by atoms with Crippen LogP contribution >= 0.6 is 11.6 Å². The van der Waals surface area contributed by atoms with E-state index in [0.29, 0.717) is 5.02 Å². The third-order valence-corrected chi connectivity index (χ3v) is 4.12. The smallest absolute Gasteiger partial charge is 0.244 e. The molecule has 98 valence electrons. The summed E-state index contributed by atoms with van der Waals surface area (Å²) in [5.74, 6) is 0.0439. The Kier molecular flexibility index (Phi) is 3.93. The molecule has 1 fully saturated rings. The summed E-state index contributed by atoms with van der Waals surface area (Å²) in [7, 11) is 0. The Labute approximate surface area is 113 Å². The summed E-state index contributed by atoms with van der Waals surface area (Å²) in [6.07, 6.45) is 2.75. The summed E-state index contributed by atoms with van der Waals surface area (Å²) in [6.45, 7) is 4.90. The highest BCUT2D eigenvalue weighted by molar-refractivity contribution is 6.31. The Morgan fingerprint density at radius 1 is 1.56 bits per heavy atom. The topological polar surface area (TPSA) is 41.1 Å². The van der Waals surface area contributed by atoms with Gasteiger partial charge < -0.3 is 10.6 Å². The first kappa shape index (κ1) is 13.4. The molecule has 1 atom stereocenters. The Morgan fingerprint density at radius 3 is 2.89 bits per heavy atom. The lowest BCUT2D eigenvalue weighted by atomic mass is 9.93. The summed E-state index contributed by atoms with van der Waals surface area (Å²) >= 11 is 6.06. The minimum absolute atomic E-state index is 0.0439. The number of carbonyl (C=O) groups excluding carboxylic acids is 1. The molecule has 0 aliphatic carbocycles. The Balaban J connectivity index is 2.13. The summed E-state index contributed by atoms with van der Waals surface area (Å²) in [5.41, 5.74) is 1.37. The van der Waals surface area contributed by atoms with Crippen LogP contribution in [0.25, 0.3) is 0 Å². The van der Waals surface area contributed by atoms with E-state index in [2.05, 4.69) is 10.6 Å². The van der Waals surface area contributed by atoms with Crippen LogP contribution in [0.1, 0.15) is 31.7 Å². The molecular formula is C14H19ClN2O. The molecule has 1 saturated heterocycles. The molecule has 0 bridgehead atoms. The number of carbonyl (C=O) groups is 1. The number of benzene rings is 1. The van der Waals surface area contributed by atoms with Gasteiger partial charge in [0, 0.05) is 10.7 Å². The number of amides is 1. The average molecular weight is 267 g/mol. The second-order valence-electron chi connectivity index (χ2n) is 4.88. The molecule has 0 spiro atoms. The summed E-state index contributed by atoms with van der Waals surface area (Å²) in [6, 6.07) is 5.60. The number of hydrogen-bond acceptors (Lipinski definition) is 2. The Hall–Kier alpha value is -1.06. The SMILES string of the molecule is CCC1(C(=O)Nc2ccc(C)c(Cl)c2)CCCN1. The fourth-order valence-corrected chi connectivity index (χ4v) is 2.56. The van der Waals surface area contributed by atoms with Crippen molar-refractivity contribution in [2.45, 2.75) is 38.6 Å². The lowest BCUT2D eigenvalue weighted by Crippen LogP contribution is -2.50. The largest absolute Gasteiger partial charge is 0.324 e. The quantitative estimate of drug-likeness (QED) is 0.883. The van der Waals surface area contributed by atoms with Gasteiger partial charge in [-0.05, 0) is 50.4 Å². The molecule has 1 aromatic carbocycles. The van der Waals surface area contributed by atoms with Crippen LogP contribution in [0.2, 0.25) is 5.02 Å². The van der Waals surface area contributed by atoms with Gasteiger partial charge in [0.25, 0.3) is 0 Å². The first-order valence-corrected chi connectivity index (χ1v) is 6.78. The minimum Gasteiger partial charge on any atom is -0.324 e. The summed E-state index contributed by atoms with van der Waals surface area (Å²) < 4.78 is 0. The Morgan fingerprint density at radius 2 is 2.33 bits per heavy atom. The molecule has 1 unspecified atom stereocenters. The highest BCUT2D eigenvalue weighted by Gasteiger charge is 2.38. The normalized spacial score (nSPS) is 23.1. The summed E-state index contributed by atoms with van der Waals surface area (Å²) in [4.78, 5) is 12.3. The number of halogens is 1. The van der Waals surface area contributed by atoms with Gasteiger partial charge in [-0.2, -0.15) is 0 Å². The van der Waals surface area contributed by atoms with Crippen LogP contribution < -0.4 is 10.6 Å². The third kappa shape index (κ3) is 2.52. The highest BCUT2D eigenvalue weighted by atomic mass is 35.5. The van der Waals surface area contributed by atoms with E-state index in [4.69, 9.17) is 11.6 Å².